The van der Waals surface area contributed by atoms with E-state index in [9.17, 15) is 4.79 Å². The van der Waals surface area contributed by atoms with E-state index in [2.05, 4.69) is 9.97 Å². The van der Waals surface area contributed by atoms with Crippen LogP contribution in [0.1, 0.15) is 10.4 Å². The maximum absolute atomic E-state index is 10.7. The Morgan fingerprint density at radius 3 is 2.69 bits per heavy atom. The third-order valence-electron chi connectivity index (χ3n) is 2.11. The minimum absolute atomic E-state index is 0.00707. The van der Waals surface area contributed by atoms with Crippen molar-refractivity contribution < 1.29 is 9.90 Å². The molecule has 0 amide bonds. The van der Waals surface area contributed by atoms with Gasteiger partial charge in [0.25, 0.3) is 0 Å². The zero-order valence-electron chi connectivity index (χ0n) is 8.29. The topological polar surface area (TPSA) is 89.1 Å². The molecule has 5 heteroatoms. The Hall–Kier alpha value is -2.43. The van der Waals surface area contributed by atoms with Crippen LogP contribution in [0.5, 0.6) is 0 Å². The van der Waals surface area contributed by atoms with Crippen molar-refractivity contribution in [3.63, 3.8) is 0 Å². The first-order valence-corrected chi connectivity index (χ1v) is 4.58. The molecule has 0 radical (unpaired) electrons. The van der Waals surface area contributed by atoms with E-state index in [1.165, 1.54) is 6.07 Å². The minimum Gasteiger partial charge on any atom is -0.478 e. The summed E-state index contributed by atoms with van der Waals surface area (Å²) in [7, 11) is 0. The number of hydrogen-bond acceptors (Lipinski definition) is 4. The van der Waals surface area contributed by atoms with Gasteiger partial charge in [0.1, 0.15) is 11.4 Å². The lowest BCUT2D eigenvalue weighted by molar-refractivity contribution is 0.0697. The number of anilines is 1. The lowest BCUT2D eigenvalue weighted by atomic mass is 10.1. The number of aromatic carboxylic acids is 1. The van der Waals surface area contributed by atoms with Crippen LogP contribution in [0.15, 0.2) is 36.7 Å². The summed E-state index contributed by atoms with van der Waals surface area (Å²) in [6.45, 7) is 0. The van der Waals surface area contributed by atoms with Gasteiger partial charge in [-0.15, -0.1) is 0 Å². The zero-order valence-corrected chi connectivity index (χ0v) is 8.29. The highest BCUT2D eigenvalue weighted by Gasteiger charge is 2.10. The third kappa shape index (κ3) is 1.83. The second-order valence-electron chi connectivity index (χ2n) is 3.18. The molecule has 0 aliphatic rings. The van der Waals surface area contributed by atoms with E-state index in [0.29, 0.717) is 5.69 Å². The first kappa shape index (κ1) is 10.1. The van der Waals surface area contributed by atoms with Gasteiger partial charge < -0.3 is 10.8 Å². The van der Waals surface area contributed by atoms with Crippen molar-refractivity contribution >= 4 is 11.8 Å². The van der Waals surface area contributed by atoms with Crippen LogP contribution in [0.2, 0.25) is 0 Å². The van der Waals surface area contributed by atoms with Crippen LogP contribution < -0.4 is 5.73 Å². The van der Waals surface area contributed by atoms with E-state index in [1.807, 2.05) is 6.07 Å². The van der Waals surface area contributed by atoms with Gasteiger partial charge in [-0.1, -0.05) is 0 Å². The molecule has 2 aromatic rings. The van der Waals surface area contributed by atoms with Gasteiger partial charge in [0, 0.05) is 18.0 Å². The first-order valence-electron chi connectivity index (χ1n) is 4.58. The van der Waals surface area contributed by atoms with Crippen molar-refractivity contribution in [2.75, 3.05) is 5.73 Å². The fourth-order valence-corrected chi connectivity index (χ4v) is 1.33. The average molecular weight is 215 g/mol. The van der Waals surface area contributed by atoms with E-state index < -0.39 is 5.97 Å². The molecule has 0 aliphatic carbocycles. The average Bonchev–Trinajstić information content (AvgIpc) is 2.29. The van der Waals surface area contributed by atoms with Gasteiger partial charge in [-0.3, -0.25) is 4.98 Å². The Balaban J connectivity index is 2.46. The van der Waals surface area contributed by atoms with E-state index in [0.717, 1.165) is 5.56 Å². The maximum atomic E-state index is 10.7. The lowest BCUT2D eigenvalue weighted by Crippen LogP contribution is -2.04. The highest BCUT2D eigenvalue weighted by molar-refractivity contribution is 5.93. The molecule has 0 aromatic carbocycles. The molecule has 0 saturated heterocycles. The first-order chi connectivity index (χ1) is 7.68. The Morgan fingerprint density at radius 1 is 1.31 bits per heavy atom. The van der Waals surface area contributed by atoms with E-state index in [1.54, 1.807) is 24.5 Å². The summed E-state index contributed by atoms with van der Waals surface area (Å²) >= 11 is 0. The number of aromatic nitrogens is 2. The standard InChI is InChI=1S/C11H9N3O2/c12-10-8(11(15)16)3-4-9(14-10)7-2-1-5-13-6-7/h1-6H,(H2,12,14)(H,15,16). The van der Waals surface area contributed by atoms with Crippen LogP contribution in [0.3, 0.4) is 0 Å². The summed E-state index contributed by atoms with van der Waals surface area (Å²) in [5.74, 6) is -1.07. The van der Waals surface area contributed by atoms with Gasteiger partial charge >= 0.3 is 5.97 Å². The number of nitrogens with zero attached hydrogens (tertiary/aromatic N) is 2. The Kier molecular flexibility index (Phi) is 2.51. The summed E-state index contributed by atoms with van der Waals surface area (Å²) in [5, 5.41) is 8.79. The third-order valence-corrected chi connectivity index (χ3v) is 2.11. The molecule has 2 rings (SSSR count). The Morgan fingerprint density at radius 2 is 2.12 bits per heavy atom. The molecule has 0 spiro atoms. The lowest BCUT2D eigenvalue weighted by Gasteiger charge is -2.03. The molecule has 2 heterocycles. The zero-order chi connectivity index (χ0) is 11.5. The predicted octanol–water partition coefficient (Wildman–Crippen LogP) is 1.42. The normalized spacial score (nSPS) is 10.0. The number of nitrogen functional groups attached to an aromatic ring is 1. The van der Waals surface area contributed by atoms with Gasteiger partial charge in [0.15, 0.2) is 0 Å². The predicted molar refractivity (Wildman–Crippen MR) is 58.8 cm³/mol. The Labute approximate surface area is 91.6 Å². The van der Waals surface area contributed by atoms with Crippen LogP contribution in [0.25, 0.3) is 11.3 Å². The smallest absolute Gasteiger partial charge is 0.339 e. The van der Waals surface area contributed by atoms with E-state index in [-0.39, 0.29) is 11.4 Å². The monoisotopic (exact) mass is 215 g/mol. The fourth-order valence-electron chi connectivity index (χ4n) is 1.33. The molecular weight excluding hydrogens is 206 g/mol. The summed E-state index contributed by atoms with van der Waals surface area (Å²) < 4.78 is 0. The second-order valence-corrected chi connectivity index (χ2v) is 3.18. The highest BCUT2D eigenvalue weighted by atomic mass is 16.4. The number of carbonyl (C=O) groups is 1. The van der Waals surface area contributed by atoms with Crippen LogP contribution in [0, 0.1) is 0 Å². The summed E-state index contributed by atoms with van der Waals surface area (Å²) in [6.07, 6.45) is 3.29. The molecule has 0 saturated carbocycles. The van der Waals surface area contributed by atoms with Crippen LogP contribution in [-0.2, 0) is 0 Å². The molecule has 2 aromatic heterocycles. The molecule has 0 fully saturated rings. The van der Waals surface area contributed by atoms with Crippen molar-refractivity contribution in [3.8, 4) is 11.3 Å². The molecule has 16 heavy (non-hydrogen) atoms. The number of rotatable bonds is 2. The van der Waals surface area contributed by atoms with Gasteiger partial charge in [-0.05, 0) is 24.3 Å². The summed E-state index contributed by atoms with van der Waals surface area (Å²) in [6, 6.07) is 6.65. The molecule has 80 valence electrons. The number of nitrogens with two attached hydrogens (primary N) is 1. The van der Waals surface area contributed by atoms with Gasteiger partial charge in [-0.25, -0.2) is 9.78 Å². The molecule has 0 unspecified atom stereocenters. The van der Waals surface area contributed by atoms with Crippen molar-refractivity contribution in [3.05, 3.63) is 42.2 Å². The SMILES string of the molecule is Nc1nc(-c2cccnc2)ccc1C(=O)O. The van der Waals surface area contributed by atoms with E-state index in [4.69, 9.17) is 10.8 Å². The van der Waals surface area contributed by atoms with Crippen molar-refractivity contribution in [2.24, 2.45) is 0 Å². The molecule has 0 atom stereocenters. The van der Waals surface area contributed by atoms with Crippen molar-refractivity contribution in [1.82, 2.24) is 9.97 Å². The second kappa shape index (κ2) is 3.98. The van der Waals surface area contributed by atoms with Gasteiger partial charge in [0.05, 0.1) is 5.69 Å². The number of hydrogen-bond donors (Lipinski definition) is 2. The van der Waals surface area contributed by atoms with Gasteiger partial charge in [0.2, 0.25) is 0 Å². The number of carboxylic acid groups (broad SMARTS) is 1. The summed E-state index contributed by atoms with van der Waals surface area (Å²) in [5.41, 5.74) is 6.96. The molecule has 0 aliphatic heterocycles. The largest absolute Gasteiger partial charge is 0.478 e. The van der Waals surface area contributed by atoms with Gasteiger partial charge in [-0.2, -0.15) is 0 Å². The Bertz CT molecular complexity index is 526. The highest BCUT2D eigenvalue weighted by Crippen LogP contribution is 2.19. The molecule has 0 bridgehead atoms. The van der Waals surface area contributed by atoms with Crippen LogP contribution in [0.4, 0.5) is 5.82 Å². The maximum Gasteiger partial charge on any atom is 0.339 e. The summed E-state index contributed by atoms with van der Waals surface area (Å²) in [4.78, 5) is 18.7. The fraction of sp³-hybridized carbons (Fsp3) is 0. The molecule has 3 N–H and O–H groups in total. The van der Waals surface area contributed by atoms with Crippen molar-refractivity contribution in [1.29, 1.82) is 0 Å². The molecular formula is C11H9N3O2. The minimum atomic E-state index is -1.08. The van der Waals surface area contributed by atoms with E-state index >= 15 is 0 Å². The van der Waals surface area contributed by atoms with Crippen LogP contribution >= 0.6 is 0 Å². The van der Waals surface area contributed by atoms with Crippen LogP contribution in [-0.4, -0.2) is 21.0 Å². The molecule has 5 nitrogen and oxygen atoms in total. The van der Waals surface area contributed by atoms with Crippen molar-refractivity contribution in [2.45, 2.75) is 0 Å². The number of carboxylic acids is 1. The quantitative estimate of drug-likeness (QED) is 0.790. The number of pyridine rings is 2.